The fourth-order valence-corrected chi connectivity index (χ4v) is 5.69. The third kappa shape index (κ3) is 5.86. The molecule has 0 bridgehead atoms. The molecule has 1 fully saturated rings. The topological polar surface area (TPSA) is 69.7 Å². The number of nitrogens with one attached hydrogen (secondary N) is 1. The van der Waals surface area contributed by atoms with Crippen molar-refractivity contribution in [1.82, 2.24) is 9.62 Å². The summed E-state index contributed by atoms with van der Waals surface area (Å²) < 4.78 is 38.5. The van der Waals surface area contributed by atoms with Crippen molar-refractivity contribution in [2.24, 2.45) is 5.92 Å². The average molecular weight is 494 g/mol. The summed E-state index contributed by atoms with van der Waals surface area (Å²) in [5.74, 6) is -0.148. The summed E-state index contributed by atoms with van der Waals surface area (Å²) in [6.45, 7) is 2.91. The Hall–Kier alpha value is -2.16. The van der Waals surface area contributed by atoms with Crippen LogP contribution in [0.3, 0.4) is 0 Å². The molecule has 33 heavy (non-hydrogen) atoms. The van der Waals surface area contributed by atoms with E-state index in [1.54, 1.807) is 6.07 Å². The van der Waals surface area contributed by atoms with Crippen LogP contribution in [0.15, 0.2) is 36.4 Å². The van der Waals surface area contributed by atoms with E-state index in [0.717, 1.165) is 49.0 Å². The third-order valence-electron chi connectivity index (χ3n) is 6.52. The van der Waals surface area contributed by atoms with Crippen molar-refractivity contribution >= 4 is 33.2 Å². The lowest BCUT2D eigenvalue weighted by Gasteiger charge is -2.32. The highest BCUT2D eigenvalue weighted by Gasteiger charge is 2.25. The molecule has 0 aliphatic carbocycles. The van der Waals surface area contributed by atoms with E-state index in [4.69, 9.17) is 11.6 Å². The molecule has 2 aliphatic rings. The SMILES string of the molecule is CS(=O)(=O)N1CCC(CNC(=O)c2ccc3c(c2)CCCN3Cc2cc(F)ccc2Cl)CC1. The Morgan fingerprint density at radius 2 is 1.91 bits per heavy atom. The molecule has 2 heterocycles. The lowest BCUT2D eigenvalue weighted by Crippen LogP contribution is -2.41. The molecule has 6 nitrogen and oxygen atoms in total. The molecule has 1 saturated heterocycles. The molecule has 4 rings (SSSR count). The van der Waals surface area contributed by atoms with Crippen molar-refractivity contribution in [3.63, 3.8) is 0 Å². The van der Waals surface area contributed by atoms with Crippen molar-refractivity contribution in [3.8, 4) is 0 Å². The van der Waals surface area contributed by atoms with Gasteiger partial charge in [-0.3, -0.25) is 4.79 Å². The Morgan fingerprint density at radius 3 is 2.64 bits per heavy atom. The van der Waals surface area contributed by atoms with Crippen LogP contribution >= 0.6 is 11.6 Å². The fraction of sp³-hybridized carbons (Fsp3) is 0.458. The van der Waals surface area contributed by atoms with Gasteiger partial charge in [-0.25, -0.2) is 17.1 Å². The van der Waals surface area contributed by atoms with E-state index in [1.165, 1.54) is 22.7 Å². The monoisotopic (exact) mass is 493 g/mol. The fourth-order valence-electron chi connectivity index (χ4n) is 4.63. The number of aryl methyl sites for hydroxylation is 1. The van der Waals surface area contributed by atoms with E-state index in [-0.39, 0.29) is 17.6 Å². The number of piperidine rings is 1. The summed E-state index contributed by atoms with van der Waals surface area (Å²) in [6.07, 6.45) is 4.56. The summed E-state index contributed by atoms with van der Waals surface area (Å²) in [5, 5.41) is 3.56. The van der Waals surface area contributed by atoms with E-state index in [2.05, 4.69) is 10.2 Å². The van der Waals surface area contributed by atoms with Gasteiger partial charge in [-0.05, 0) is 79.1 Å². The van der Waals surface area contributed by atoms with Crippen LogP contribution in [0, 0.1) is 11.7 Å². The molecule has 1 amide bonds. The van der Waals surface area contributed by atoms with E-state index in [0.29, 0.717) is 36.8 Å². The maximum absolute atomic E-state index is 13.7. The number of sulfonamides is 1. The molecule has 178 valence electrons. The van der Waals surface area contributed by atoms with Gasteiger partial charge in [-0.15, -0.1) is 0 Å². The molecule has 2 aromatic carbocycles. The second kappa shape index (κ2) is 9.99. The van der Waals surface area contributed by atoms with Crippen LogP contribution in [0.5, 0.6) is 0 Å². The minimum Gasteiger partial charge on any atom is -0.367 e. The number of carbonyl (C=O) groups is 1. The number of anilines is 1. The van der Waals surface area contributed by atoms with Crippen LogP contribution in [0.4, 0.5) is 10.1 Å². The summed E-state index contributed by atoms with van der Waals surface area (Å²) in [6, 6.07) is 10.1. The van der Waals surface area contributed by atoms with Gasteiger partial charge in [0.05, 0.1) is 6.26 Å². The Bertz CT molecular complexity index is 1130. The van der Waals surface area contributed by atoms with Gasteiger partial charge in [0, 0.05) is 49.0 Å². The highest BCUT2D eigenvalue weighted by Crippen LogP contribution is 2.31. The largest absolute Gasteiger partial charge is 0.367 e. The molecule has 0 aromatic heterocycles. The third-order valence-corrected chi connectivity index (χ3v) is 8.19. The summed E-state index contributed by atoms with van der Waals surface area (Å²) in [5.41, 5.74) is 3.51. The molecule has 1 N–H and O–H groups in total. The Kier molecular flexibility index (Phi) is 7.26. The summed E-state index contributed by atoms with van der Waals surface area (Å²) in [7, 11) is -3.15. The first-order chi connectivity index (χ1) is 15.7. The maximum Gasteiger partial charge on any atom is 0.251 e. The number of fused-ring (bicyclic) bond motifs is 1. The number of amides is 1. The lowest BCUT2D eigenvalue weighted by molar-refractivity contribution is 0.0941. The zero-order valence-electron chi connectivity index (χ0n) is 18.7. The van der Waals surface area contributed by atoms with E-state index in [9.17, 15) is 17.6 Å². The number of nitrogens with zero attached hydrogens (tertiary/aromatic N) is 2. The van der Waals surface area contributed by atoms with Gasteiger partial charge in [0.25, 0.3) is 5.91 Å². The van der Waals surface area contributed by atoms with Gasteiger partial charge in [-0.1, -0.05) is 11.6 Å². The van der Waals surface area contributed by atoms with E-state index in [1.807, 2.05) is 18.2 Å². The maximum atomic E-state index is 13.7. The zero-order chi connectivity index (χ0) is 23.6. The number of halogens is 2. The first-order valence-corrected chi connectivity index (χ1v) is 13.5. The first-order valence-electron chi connectivity index (χ1n) is 11.3. The van der Waals surface area contributed by atoms with Crippen molar-refractivity contribution in [2.45, 2.75) is 32.2 Å². The second-order valence-corrected chi connectivity index (χ2v) is 11.3. The Morgan fingerprint density at radius 1 is 1.15 bits per heavy atom. The quantitative estimate of drug-likeness (QED) is 0.664. The highest BCUT2D eigenvalue weighted by atomic mass is 35.5. The standard InChI is InChI=1S/C24H29ClFN3O3S/c1-33(31,32)29-11-8-17(9-12-29)15-27-24(30)19-4-7-23-18(13-19)3-2-10-28(23)16-20-14-21(26)5-6-22(20)25/h4-7,13-14,17H,2-3,8-12,15-16H2,1H3,(H,27,30). The highest BCUT2D eigenvalue weighted by molar-refractivity contribution is 7.88. The Balaban J connectivity index is 1.37. The van der Waals surface area contributed by atoms with Gasteiger partial charge in [0.1, 0.15) is 5.82 Å². The molecule has 9 heteroatoms. The van der Waals surface area contributed by atoms with Crippen LogP contribution < -0.4 is 10.2 Å². The molecular formula is C24H29ClFN3O3S. The van der Waals surface area contributed by atoms with Crippen molar-refractivity contribution < 1.29 is 17.6 Å². The van der Waals surface area contributed by atoms with Gasteiger partial charge >= 0.3 is 0 Å². The van der Waals surface area contributed by atoms with Gasteiger partial charge < -0.3 is 10.2 Å². The van der Waals surface area contributed by atoms with Crippen LogP contribution in [-0.2, 0) is 23.0 Å². The van der Waals surface area contributed by atoms with Crippen molar-refractivity contribution in [1.29, 1.82) is 0 Å². The molecular weight excluding hydrogens is 465 g/mol. The van der Waals surface area contributed by atoms with Crippen LogP contribution in [0.1, 0.15) is 40.7 Å². The van der Waals surface area contributed by atoms with Crippen LogP contribution in [0.2, 0.25) is 5.02 Å². The number of carbonyl (C=O) groups excluding carboxylic acids is 1. The van der Waals surface area contributed by atoms with E-state index >= 15 is 0 Å². The molecule has 0 radical (unpaired) electrons. The summed E-state index contributed by atoms with van der Waals surface area (Å²) >= 11 is 6.26. The van der Waals surface area contributed by atoms with Gasteiger partial charge in [-0.2, -0.15) is 0 Å². The summed E-state index contributed by atoms with van der Waals surface area (Å²) in [4.78, 5) is 14.9. The predicted octanol–water partition coefficient (Wildman–Crippen LogP) is 3.83. The second-order valence-electron chi connectivity index (χ2n) is 8.92. The molecule has 0 spiro atoms. The van der Waals surface area contributed by atoms with Gasteiger partial charge in [0.15, 0.2) is 0 Å². The first kappa shape index (κ1) is 24.0. The molecule has 0 unspecified atom stereocenters. The van der Waals surface area contributed by atoms with Crippen LogP contribution in [-0.4, -0.2) is 51.1 Å². The number of rotatable bonds is 6. The lowest BCUT2D eigenvalue weighted by atomic mass is 9.97. The molecule has 0 saturated carbocycles. The van der Waals surface area contributed by atoms with Crippen molar-refractivity contribution in [3.05, 3.63) is 63.9 Å². The minimum atomic E-state index is -3.15. The molecule has 2 aliphatic heterocycles. The number of hydrogen-bond acceptors (Lipinski definition) is 4. The number of hydrogen-bond donors (Lipinski definition) is 1. The minimum absolute atomic E-state index is 0.117. The van der Waals surface area contributed by atoms with Crippen molar-refractivity contribution in [2.75, 3.05) is 37.3 Å². The molecule has 2 aromatic rings. The zero-order valence-corrected chi connectivity index (χ0v) is 20.3. The smallest absolute Gasteiger partial charge is 0.251 e. The Labute approximate surface area is 199 Å². The number of benzene rings is 2. The average Bonchev–Trinajstić information content (AvgIpc) is 2.79. The van der Waals surface area contributed by atoms with Gasteiger partial charge in [0.2, 0.25) is 10.0 Å². The van der Waals surface area contributed by atoms with Crippen LogP contribution in [0.25, 0.3) is 0 Å². The normalized spacial score (nSPS) is 17.6. The van der Waals surface area contributed by atoms with E-state index < -0.39 is 10.0 Å². The predicted molar refractivity (Wildman–Crippen MR) is 129 cm³/mol. The molecule has 0 atom stereocenters.